The number of halogens is 1. The largest absolute Gasteiger partial charge is 0.474 e. The molecule has 4 rings (SSSR count). The van der Waals surface area contributed by atoms with Gasteiger partial charge in [0.05, 0.1) is 12.1 Å². The van der Waals surface area contributed by atoms with E-state index in [-0.39, 0.29) is 11.7 Å². The Kier molecular flexibility index (Phi) is 5.38. The maximum Gasteiger partial charge on any atom is 0.170 e. The van der Waals surface area contributed by atoms with Crippen molar-refractivity contribution in [2.24, 2.45) is 4.99 Å². The van der Waals surface area contributed by atoms with Gasteiger partial charge in [0.15, 0.2) is 6.40 Å². The highest BCUT2D eigenvalue weighted by Gasteiger charge is 2.26. The number of rotatable bonds is 5. The second kappa shape index (κ2) is 8.09. The number of hydrogen-bond acceptors (Lipinski definition) is 5. The minimum absolute atomic E-state index is 0.0529. The van der Waals surface area contributed by atoms with Crippen molar-refractivity contribution in [3.05, 3.63) is 58.9 Å². The summed E-state index contributed by atoms with van der Waals surface area (Å²) in [6, 6.07) is 13.3. The fraction of sp³-hybridized carbons (Fsp3) is 0.364. The van der Waals surface area contributed by atoms with Gasteiger partial charge in [-0.3, -0.25) is 9.89 Å². The molecule has 2 heterocycles. The molecule has 1 saturated heterocycles. The summed E-state index contributed by atoms with van der Waals surface area (Å²) < 4.78 is 20.0. The number of nitrogens with zero attached hydrogens (tertiary/aromatic N) is 3. The highest BCUT2D eigenvalue weighted by atomic mass is 19.1. The van der Waals surface area contributed by atoms with Crippen LogP contribution in [0.15, 0.2) is 41.4 Å². The zero-order chi connectivity index (χ0) is 19.5. The van der Waals surface area contributed by atoms with Gasteiger partial charge in [0, 0.05) is 31.2 Å². The predicted molar refractivity (Wildman–Crippen MR) is 106 cm³/mol. The Hall–Kier alpha value is -2.75. The van der Waals surface area contributed by atoms with E-state index < -0.39 is 5.82 Å². The lowest BCUT2D eigenvalue weighted by molar-refractivity contribution is 0.236. The van der Waals surface area contributed by atoms with E-state index in [1.807, 2.05) is 25.2 Å². The molecule has 5 nitrogen and oxygen atoms in total. The van der Waals surface area contributed by atoms with Crippen LogP contribution in [0.5, 0.6) is 0 Å². The van der Waals surface area contributed by atoms with Crippen molar-refractivity contribution in [1.29, 1.82) is 5.26 Å². The predicted octanol–water partition coefficient (Wildman–Crippen LogP) is 3.26. The van der Waals surface area contributed by atoms with Crippen LogP contribution in [-0.4, -0.2) is 44.0 Å². The minimum Gasteiger partial charge on any atom is -0.474 e. The topological polar surface area (TPSA) is 60.7 Å². The third-order valence-electron chi connectivity index (χ3n) is 5.56. The van der Waals surface area contributed by atoms with Crippen LogP contribution in [0.25, 0.3) is 11.1 Å². The van der Waals surface area contributed by atoms with Gasteiger partial charge in [-0.15, -0.1) is 0 Å². The Bertz CT molecular complexity index is 929. The molecule has 28 heavy (non-hydrogen) atoms. The number of ether oxygens (including phenoxy) is 1. The average molecular weight is 378 g/mol. The number of aliphatic imine (C=N–C) groups is 1. The number of likely N-dealkylation sites (N-methyl/N-ethyl adjacent to an activating group) is 1. The first-order valence-corrected chi connectivity index (χ1v) is 9.54. The fourth-order valence-electron chi connectivity index (χ4n) is 4.07. The van der Waals surface area contributed by atoms with Crippen molar-refractivity contribution in [3.8, 4) is 17.2 Å². The highest BCUT2D eigenvalue weighted by Crippen LogP contribution is 2.36. The molecule has 0 saturated carbocycles. The third kappa shape index (κ3) is 3.64. The number of nitriles is 1. The Morgan fingerprint density at radius 3 is 2.93 bits per heavy atom. The van der Waals surface area contributed by atoms with Gasteiger partial charge in [0.1, 0.15) is 18.0 Å². The summed E-state index contributed by atoms with van der Waals surface area (Å²) in [6.07, 6.45) is 2.46. The molecule has 2 aromatic rings. The van der Waals surface area contributed by atoms with E-state index in [0.29, 0.717) is 12.6 Å². The average Bonchev–Trinajstić information content (AvgIpc) is 3.39. The first-order chi connectivity index (χ1) is 13.7. The van der Waals surface area contributed by atoms with Crippen molar-refractivity contribution >= 4 is 6.40 Å². The van der Waals surface area contributed by atoms with Gasteiger partial charge in [0.2, 0.25) is 0 Å². The van der Waals surface area contributed by atoms with E-state index in [4.69, 9.17) is 10.00 Å². The molecule has 0 aromatic heterocycles. The van der Waals surface area contributed by atoms with Gasteiger partial charge in [0.25, 0.3) is 0 Å². The molecule has 1 fully saturated rings. The molecule has 0 radical (unpaired) electrons. The quantitative estimate of drug-likeness (QED) is 0.868. The Balaban J connectivity index is 1.72. The van der Waals surface area contributed by atoms with Gasteiger partial charge in [-0.25, -0.2) is 4.39 Å². The first-order valence-electron chi connectivity index (χ1n) is 9.54. The molecule has 0 bridgehead atoms. The van der Waals surface area contributed by atoms with Crippen molar-refractivity contribution < 1.29 is 9.13 Å². The molecule has 2 unspecified atom stereocenters. The van der Waals surface area contributed by atoms with Crippen LogP contribution >= 0.6 is 0 Å². The summed E-state index contributed by atoms with van der Waals surface area (Å²) in [4.78, 5) is 6.66. The fourth-order valence-corrected chi connectivity index (χ4v) is 4.07. The van der Waals surface area contributed by atoms with Crippen LogP contribution in [0.2, 0.25) is 0 Å². The molecule has 2 aliphatic rings. The maximum absolute atomic E-state index is 14.3. The van der Waals surface area contributed by atoms with E-state index in [0.717, 1.165) is 42.7 Å². The summed E-state index contributed by atoms with van der Waals surface area (Å²) in [6.45, 7) is 3.43. The summed E-state index contributed by atoms with van der Waals surface area (Å²) in [5.74, 6) is -0.503. The molecule has 2 aromatic carbocycles. The molecule has 6 heteroatoms. The normalized spacial score (nSPS) is 21.6. The van der Waals surface area contributed by atoms with Gasteiger partial charge in [-0.05, 0) is 42.3 Å². The summed E-state index contributed by atoms with van der Waals surface area (Å²) in [5, 5.41) is 12.4. The van der Waals surface area contributed by atoms with E-state index in [2.05, 4.69) is 21.3 Å². The lowest BCUT2D eigenvalue weighted by Gasteiger charge is -2.23. The van der Waals surface area contributed by atoms with Crippen molar-refractivity contribution in [1.82, 2.24) is 10.2 Å². The molecule has 0 amide bonds. The SMILES string of the molecule is CNC1CCN(Cc2cccc(-c3ccc(C#N)c(F)c3)c2C2CN=CO2)C1. The van der Waals surface area contributed by atoms with Crippen LogP contribution in [0.4, 0.5) is 4.39 Å². The van der Waals surface area contributed by atoms with Gasteiger partial charge < -0.3 is 10.1 Å². The van der Waals surface area contributed by atoms with Crippen molar-refractivity contribution in [2.75, 3.05) is 26.7 Å². The Morgan fingerprint density at radius 1 is 1.36 bits per heavy atom. The first kappa shape index (κ1) is 18.6. The monoisotopic (exact) mass is 378 g/mol. The van der Waals surface area contributed by atoms with Crippen LogP contribution in [0, 0.1) is 17.1 Å². The standard InChI is InChI=1S/C22H23FN4O/c1-25-18-7-8-27(13-18)12-17-3-2-4-19(22(17)21-11-26-14-28-21)15-5-6-16(10-24)20(23)9-15/h2-6,9,14,18,21,25H,7-8,11-13H2,1H3. The van der Waals surface area contributed by atoms with Crippen molar-refractivity contribution in [3.63, 3.8) is 0 Å². The smallest absolute Gasteiger partial charge is 0.170 e. The minimum atomic E-state index is -0.503. The maximum atomic E-state index is 14.3. The third-order valence-corrected chi connectivity index (χ3v) is 5.56. The second-order valence-corrected chi connectivity index (χ2v) is 7.29. The molecular formula is C22H23FN4O. The lowest BCUT2D eigenvalue weighted by Crippen LogP contribution is -2.29. The zero-order valence-electron chi connectivity index (χ0n) is 15.9. The highest BCUT2D eigenvalue weighted by molar-refractivity contribution is 5.71. The number of benzene rings is 2. The molecular weight excluding hydrogens is 355 g/mol. The Morgan fingerprint density at radius 2 is 2.25 bits per heavy atom. The second-order valence-electron chi connectivity index (χ2n) is 7.29. The van der Waals surface area contributed by atoms with Gasteiger partial charge >= 0.3 is 0 Å². The van der Waals surface area contributed by atoms with Gasteiger partial charge in [-0.2, -0.15) is 5.26 Å². The molecule has 0 aliphatic carbocycles. The molecule has 2 atom stereocenters. The Labute approximate surface area is 164 Å². The van der Waals surface area contributed by atoms with Crippen LogP contribution in [0.3, 0.4) is 0 Å². The summed E-state index contributed by atoms with van der Waals surface area (Å²) >= 11 is 0. The molecule has 0 spiro atoms. The number of hydrogen-bond donors (Lipinski definition) is 1. The molecule has 1 N–H and O–H groups in total. The van der Waals surface area contributed by atoms with Crippen LogP contribution < -0.4 is 5.32 Å². The van der Waals surface area contributed by atoms with Crippen LogP contribution in [0.1, 0.15) is 29.2 Å². The lowest BCUT2D eigenvalue weighted by atomic mass is 9.91. The van der Waals surface area contributed by atoms with Crippen molar-refractivity contribution in [2.45, 2.75) is 25.1 Å². The van der Waals surface area contributed by atoms with Crippen LogP contribution in [-0.2, 0) is 11.3 Å². The van der Waals surface area contributed by atoms with Gasteiger partial charge in [-0.1, -0.05) is 24.3 Å². The van der Waals surface area contributed by atoms with E-state index >= 15 is 0 Å². The number of nitrogens with one attached hydrogen (secondary N) is 1. The van der Waals surface area contributed by atoms with E-state index in [1.165, 1.54) is 24.1 Å². The number of likely N-dealkylation sites (tertiary alicyclic amines) is 1. The summed E-state index contributed by atoms with van der Waals surface area (Å²) in [7, 11) is 2.00. The summed E-state index contributed by atoms with van der Waals surface area (Å²) in [5.41, 5.74) is 3.96. The molecule has 144 valence electrons. The zero-order valence-corrected chi connectivity index (χ0v) is 15.9. The van der Waals surface area contributed by atoms with E-state index in [9.17, 15) is 4.39 Å². The van der Waals surface area contributed by atoms with E-state index in [1.54, 1.807) is 6.07 Å². The molecule has 2 aliphatic heterocycles.